The highest BCUT2D eigenvalue weighted by molar-refractivity contribution is 6.09. The lowest BCUT2D eigenvalue weighted by atomic mass is 10.0. The van der Waals surface area contributed by atoms with Gasteiger partial charge in [-0.15, -0.1) is 0 Å². The predicted molar refractivity (Wildman–Crippen MR) is 69.4 cm³/mol. The zero-order valence-electron chi connectivity index (χ0n) is 10.6. The molecule has 0 N–H and O–H groups in total. The minimum absolute atomic E-state index is 0.0498. The number of carbonyl (C=O) groups excluding carboxylic acids is 1. The standard InChI is InChI=1S/C15H13FO3/c1-18-12-5-3-4-10(8-12)15(17)11-6-7-13(16)14(9-11)19-2/h3-9H,1-2H3. The highest BCUT2D eigenvalue weighted by Gasteiger charge is 2.12. The topological polar surface area (TPSA) is 35.5 Å². The summed E-state index contributed by atoms with van der Waals surface area (Å²) in [6, 6.07) is 10.8. The van der Waals surface area contributed by atoms with Crippen molar-refractivity contribution in [3.8, 4) is 11.5 Å². The van der Waals surface area contributed by atoms with E-state index in [4.69, 9.17) is 9.47 Å². The van der Waals surface area contributed by atoms with Gasteiger partial charge in [-0.05, 0) is 30.3 Å². The monoisotopic (exact) mass is 260 g/mol. The van der Waals surface area contributed by atoms with E-state index in [1.807, 2.05) is 0 Å². The molecule has 0 unspecified atom stereocenters. The van der Waals surface area contributed by atoms with Gasteiger partial charge in [0.15, 0.2) is 17.3 Å². The number of benzene rings is 2. The quantitative estimate of drug-likeness (QED) is 0.792. The Morgan fingerprint density at radius 1 is 1.00 bits per heavy atom. The van der Waals surface area contributed by atoms with Crippen LogP contribution in [0.15, 0.2) is 42.5 Å². The molecule has 0 aliphatic heterocycles. The van der Waals surface area contributed by atoms with Crippen LogP contribution in [0, 0.1) is 5.82 Å². The summed E-state index contributed by atoms with van der Waals surface area (Å²) in [4.78, 5) is 12.3. The normalized spacial score (nSPS) is 10.1. The number of hydrogen-bond acceptors (Lipinski definition) is 3. The fourth-order valence-electron chi connectivity index (χ4n) is 1.73. The van der Waals surface area contributed by atoms with Crippen LogP contribution in [0.2, 0.25) is 0 Å². The fraction of sp³-hybridized carbons (Fsp3) is 0.133. The highest BCUT2D eigenvalue weighted by Crippen LogP contribution is 2.21. The summed E-state index contributed by atoms with van der Waals surface area (Å²) in [5.74, 6) is -0.0597. The first-order valence-corrected chi connectivity index (χ1v) is 5.68. The molecule has 0 saturated carbocycles. The fourth-order valence-corrected chi connectivity index (χ4v) is 1.73. The van der Waals surface area contributed by atoms with Gasteiger partial charge in [0.25, 0.3) is 0 Å². The average molecular weight is 260 g/mol. The van der Waals surface area contributed by atoms with Crippen molar-refractivity contribution in [1.29, 1.82) is 0 Å². The van der Waals surface area contributed by atoms with Crippen molar-refractivity contribution in [2.45, 2.75) is 0 Å². The summed E-state index contributed by atoms with van der Waals surface area (Å²) in [6.07, 6.45) is 0. The van der Waals surface area contributed by atoms with Crippen molar-refractivity contribution in [3.05, 3.63) is 59.4 Å². The van der Waals surface area contributed by atoms with Crippen molar-refractivity contribution < 1.29 is 18.7 Å². The molecular weight excluding hydrogens is 247 g/mol. The molecule has 19 heavy (non-hydrogen) atoms. The smallest absolute Gasteiger partial charge is 0.193 e. The molecule has 2 rings (SSSR count). The van der Waals surface area contributed by atoms with E-state index in [0.29, 0.717) is 16.9 Å². The minimum Gasteiger partial charge on any atom is -0.497 e. The van der Waals surface area contributed by atoms with Crippen LogP contribution in [0.25, 0.3) is 0 Å². The molecule has 0 aliphatic carbocycles. The van der Waals surface area contributed by atoms with E-state index in [1.165, 1.54) is 32.4 Å². The van der Waals surface area contributed by atoms with E-state index >= 15 is 0 Å². The van der Waals surface area contributed by atoms with E-state index in [-0.39, 0.29) is 11.5 Å². The van der Waals surface area contributed by atoms with Crippen molar-refractivity contribution in [2.75, 3.05) is 14.2 Å². The molecule has 0 amide bonds. The van der Waals surface area contributed by atoms with Crippen molar-refractivity contribution in [2.24, 2.45) is 0 Å². The Hall–Kier alpha value is -2.36. The molecule has 0 radical (unpaired) electrons. The molecular formula is C15H13FO3. The Kier molecular flexibility index (Phi) is 3.80. The molecule has 0 bridgehead atoms. The third kappa shape index (κ3) is 2.73. The van der Waals surface area contributed by atoms with Gasteiger partial charge in [-0.25, -0.2) is 4.39 Å². The second-order valence-electron chi connectivity index (χ2n) is 3.91. The van der Waals surface area contributed by atoms with E-state index in [1.54, 1.807) is 24.3 Å². The Morgan fingerprint density at radius 3 is 2.42 bits per heavy atom. The first-order valence-electron chi connectivity index (χ1n) is 5.68. The van der Waals surface area contributed by atoms with Crippen LogP contribution >= 0.6 is 0 Å². The molecule has 4 heteroatoms. The maximum Gasteiger partial charge on any atom is 0.193 e. The third-order valence-electron chi connectivity index (χ3n) is 2.75. The molecule has 0 spiro atoms. The summed E-state index contributed by atoms with van der Waals surface area (Å²) in [5.41, 5.74) is 0.847. The van der Waals surface area contributed by atoms with Crippen LogP contribution in [-0.2, 0) is 0 Å². The molecule has 0 aromatic heterocycles. The van der Waals surface area contributed by atoms with Crippen molar-refractivity contribution in [1.82, 2.24) is 0 Å². The summed E-state index contributed by atoms with van der Waals surface area (Å²) in [6.45, 7) is 0. The molecule has 0 aliphatic rings. The van der Waals surface area contributed by atoms with Gasteiger partial charge >= 0.3 is 0 Å². The second-order valence-corrected chi connectivity index (χ2v) is 3.91. The molecule has 0 atom stereocenters. The Morgan fingerprint density at radius 2 is 1.74 bits per heavy atom. The number of carbonyl (C=O) groups is 1. The minimum atomic E-state index is -0.496. The van der Waals surface area contributed by atoms with E-state index < -0.39 is 5.82 Å². The van der Waals surface area contributed by atoms with Gasteiger partial charge in [-0.1, -0.05) is 12.1 Å². The Balaban J connectivity index is 2.38. The van der Waals surface area contributed by atoms with E-state index in [0.717, 1.165) is 0 Å². The molecule has 98 valence electrons. The maximum atomic E-state index is 13.3. The number of methoxy groups -OCH3 is 2. The van der Waals surface area contributed by atoms with Crippen molar-refractivity contribution >= 4 is 5.78 Å². The first-order chi connectivity index (χ1) is 9.15. The number of rotatable bonds is 4. The van der Waals surface area contributed by atoms with Gasteiger partial charge in [0.2, 0.25) is 0 Å². The third-order valence-corrected chi connectivity index (χ3v) is 2.75. The summed E-state index contributed by atoms with van der Waals surface area (Å²) < 4.78 is 23.2. The zero-order valence-corrected chi connectivity index (χ0v) is 10.6. The maximum absolute atomic E-state index is 13.3. The molecule has 0 saturated heterocycles. The molecule has 2 aromatic rings. The lowest BCUT2D eigenvalue weighted by Gasteiger charge is -2.06. The van der Waals surface area contributed by atoms with Gasteiger partial charge in [-0.2, -0.15) is 0 Å². The number of hydrogen-bond donors (Lipinski definition) is 0. The van der Waals surface area contributed by atoms with Gasteiger partial charge in [-0.3, -0.25) is 4.79 Å². The molecule has 3 nitrogen and oxygen atoms in total. The van der Waals surface area contributed by atoms with E-state index in [2.05, 4.69) is 0 Å². The summed E-state index contributed by atoms with van der Waals surface area (Å²) in [7, 11) is 2.89. The van der Waals surface area contributed by atoms with Gasteiger partial charge in [0.1, 0.15) is 5.75 Å². The Bertz CT molecular complexity index is 608. The zero-order chi connectivity index (χ0) is 13.8. The van der Waals surface area contributed by atoms with E-state index in [9.17, 15) is 9.18 Å². The second kappa shape index (κ2) is 5.52. The van der Waals surface area contributed by atoms with Crippen LogP contribution in [0.4, 0.5) is 4.39 Å². The van der Waals surface area contributed by atoms with Crippen LogP contribution in [0.3, 0.4) is 0 Å². The SMILES string of the molecule is COc1cccc(C(=O)c2ccc(F)c(OC)c2)c1. The molecule has 2 aromatic carbocycles. The van der Waals surface area contributed by atoms with Crippen LogP contribution in [0.1, 0.15) is 15.9 Å². The van der Waals surface area contributed by atoms with Gasteiger partial charge in [0, 0.05) is 11.1 Å². The summed E-state index contributed by atoms with van der Waals surface area (Å²) >= 11 is 0. The molecule has 0 fully saturated rings. The van der Waals surface area contributed by atoms with Gasteiger partial charge < -0.3 is 9.47 Å². The van der Waals surface area contributed by atoms with Crippen LogP contribution in [-0.4, -0.2) is 20.0 Å². The molecule has 0 heterocycles. The number of halogens is 1. The average Bonchev–Trinajstić information content (AvgIpc) is 2.47. The lowest BCUT2D eigenvalue weighted by Crippen LogP contribution is -2.02. The van der Waals surface area contributed by atoms with Crippen molar-refractivity contribution in [3.63, 3.8) is 0 Å². The Labute approximate surface area is 110 Å². The first kappa shape index (κ1) is 13.1. The summed E-state index contributed by atoms with van der Waals surface area (Å²) in [5, 5.41) is 0. The van der Waals surface area contributed by atoms with Crippen LogP contribution < -0.4 is 9.47 Å². The van der Waals surface area contributed by atoms with Gasteiger partial charge in [0.05, 0.1) is 14.2 Å². The highest BCUT2D eigenvalue weighted by atomic mass is 19.1. The van der Waals surface area contributed by atoms with Crippen LogP contribution in [0.5, 0.6) is 11.5 Å². The predicted octanol–water partition coefficient (Wildman–Crippen LogP) is 3.07. The number of ether oxygens (including phenoxy) is 2. The number of ketones is 1. The largest absolute Gasteiger partial charge is 0.497 e. The lowest BCUT2D eigenvalue weighted by molar-refractivity contribution is 0.103.